The molecule has 162 valence electrons. The largest absolute Gasteiger partial charge is 0.497 e. The molecular formula is C21H26N2O6S. The van der Waals surface area contributed by atoms with E-state index in [1.165, 1.54) is 28.6 Å². The molecule has 9 heteroatoms. The molecule has 2 aromatic rings. The summed E-state index contributed by atoms with van der Waals surface area (Å²) in [5.74, 6) is -0.526. The predicted molar refractivity (Wildman–Crippen MR) is 112 cm³/mol. The van der Waals surface area contributed by atoms with E-state index in [-0.39, 0.29) is 17.0 Å². The van der Waals surface area contributed by atoms with Crippen LogP contribution < -0.4 is 10.1 Å². The molecule has 30 heavy (non-hydrogen) atoms. The minimum absolute atomic E-state index is 0.00427. The van der Waals surface area contributed by atoms with Crippen molar-refractivity contribution in [1.82, 2.24) is 9.62 Å². The van der Waals surface area contributed by atoms with Gasteiger partial charge in [0.25, 0.3) is 5.91 Å². The van der Waals surface area contributed by atoms with Crippen LogP contribution in [0, 0.1) is 0 Å². The van der Waals surface area contributed by atoms with Crippen LogP contribution in [0.1, 0.15) is 29.8 Å². The number of rotatable bonds is 10. The van der Waals surface area contributed by atoms with Crippen molar-refractivity contribution >= 4 is 21.9 Å². The highest BCUT2D eigenvalue weighted by Crippen LogP contribution is 2.17. The van der Waals surface area contributed by atoms with Crippen LogP contribution in [0.2, 0.25) is 0 Å². The first-order valence-electron chi connectivity index (χ1n) is 9.48. The Hall–Kier alpha value is -2.91. The second-order valence-electron chi connectivity index (χ2n) is 6.32. The fourth-order valence-corrected chi connectivity index (χ4v) is 4.21. The number of esters is 1. The number of benzene rings is 2. The molecule has 0 aliphatic rings. The number of carbonyl (C=O) groups is 2. The molecule has 0 saturated carbocycles. The first-order valence-corrected chi connectivity index (χ1v) is 10.9. The van der Waals surface area contributed by atoms with Crippen molar-refractivity contribution in [3.63, 3.8) is 0 Å². The standard InChI is InChI=1S/C21H26N2O6S/c1-4-23(5-2)30(26,27)19-8-6-7-17(13-19)21(25)29-15-20(24)22-14-16-9-11-18(28-3)12-10-16/h6-13H,4-5,14-15H2,1-3H3,(H,22,24). The molecule has 2 rings (SSSR count). The maximum atomic E-state index is 12.6. The molecule has 0 heterocycles. The number of ether oxygens (including phenoxy) is 2. The summed E-state index contributed by atoms with van der Waals surface area (Å²) in [7, 11) is -2.13. The van der Waals surface area contributed by atoms with Gasteiger partial charge in [0.1, 0.15) is 5.75 Å². The summed E-state index contributed by atoms with van der Waals surface area (Å²) in [5, 5.41) is 2.65. The Morgan fingerprint density at radius 3 is 2.30 bits per heavy atom. The Bertz CT molecular complexity index is 969. The van der Waals surface area contributed by atoms with Crippen LogP contribution >= 0.6 is 0 Å². The Morgan fingerprint density at radius 1 is 1.03 bits per heavy atom. The first-order chi connectivity index (χ1) is 14.3. The third-order valence-corrected chi connectivity index (χ3v) is 6.44. The number of sulfonamides is 1. The monoisotopic (exact) mass is 434 g/mol. The van der Waals surface area contributed by atoms with Gasteiger partial charge in [0.2, 0.25) is 10.0 Å². The number of nitrogens with one attached hydrogen (secondary N) is 1. The molecule has 0 unspecified atom stereocenters. The molecule has 1 amide bonds. The molecule has 0 bridgehead atoms. The Balaban J connectivity index is 1.93. The lowest BCUT2D eigenvalue weighted by Crippen LogP contribution is -2.31. The summed E-state index contributed by atoms with van der Waals surface area (Å²) in [6.07, 6.45) is 0. The maximum absolute atomic E-state index is 12.6. The van der Waals surface area contributed by atoms with E-state index in [0.717, 1.165) is 5.56 Å². The van der Waals surface area contributed by atoms with Gasteiger partial charge < -0.3 is 14.8 Å². The zero-order chi connectivity index (χ0) is 22.1. The van der Waals surface area contributed by atoms with Crippen molar-refractivity contribution in [2.24, 2.45) is 0 Å². The quantitative estimate of drug-likeness (QED) is 0.575. The number of methoxy groups -OCH3 is 1. The average molecular weight is 435 g/mol. The van der Waals surface area contributed by atoms with Crippen LogP contribution in [-0.2, 0) is 26.1 Å². The van der Waals surface area contributed by atoms with E-state index in [1.807, 2.05) is 12.1 Å². The molecule has 2 aromatic carbocycles. The number of carbonyl (C=O) groups excluding carboxylic acids is 2. The summed E-state index contributed by atoms with van der Waals surface area (Å²) in [4.78, 5) is 24.2. The van der Waals surface area contributed by atoms with Gasteiger partial charge in [-0.15, -0.1) is 0 Å². The Morgan fingerprint density at radius 2 is 1.70 bits per heavy atom. The molecule has 1 N–H and O–H groups in total. The van der Waals surface area contributed by atoms with E-state index in [2.05, 4.69) is 5.32 Å². The number of hydrogen-bond acceptors (Lipinski definition) is 6. The normalized spacial score (nSPS) is 11.2. The van der Waals surface area contributed by atoms with E-state index in [4.69, 9.17) is 9.47 Å². The summed E-state index contributed by atoms with van der Waals surface area (Å²) in [6, 6.07) is 12.8. The van der Waals surface area contributed by atoms with Gasteiger partial charge in [-0.05, 0) is 35.9 Å². The second kappa shape index (κ2) is 10.7. The van der Waals surface area contributed by atoms with Gasteiger partial charge in [-0.1, -0.05) is 32.0 Å². The highest BCUT2D eigenvalue weighted by Gasteiger charge is 2.23. The van der Waals surface area contributed by atoms with Crippen molar-refractivity contribution in [3.8, 4) is 5.75 Å². The van der Waals surface area contributed by atoms with Gasteiger partial charge in [0.05, 0.1) is 17.6 Å². The summed E-state index contributed by atoms with van der Waals surface area (Å²) >= 11 is 0. The van der Waals surface area contributed by atoms with Crippen LogP contribution in [0.25, 0.3) is 0 Å². The minimum Gasteiger partial charge on any atom is -0.497 e. The smallest absolute Gasteiger partial charge is 0.338 e. The van der Waals surface area contributed by atoms with E-state index < -0.39 is 28.5 Å². The highest BCUT2D eigenvalue weighted by molar-refractivity contribution is 7.89. The third kappa shape index (κ3) is 6.04. The summed E-state index contributed by atoms with van der Waals surface area (Å²) in [5.41, 5.74) is 0.927. The molecule has 0 radical (unpaired) electrons. The Kier molecular flexibility index (Phi) is 8.37. The van der Waals surface area contributed by atoms with Crippen LogP contribution in [-0.4, -0.2) is 51.4 Å². The highest BCUT2D eigenvalue weighted by atomic mass is 32.2. The second-order valence-corrected chi connectivity index (χ2v) is 8.26. The lowest BCUT2D eigenvalue weighted by Gasteiger charge is -2.18. The fourth-order valence-electron chi connectivity index (χ4n) is 2.71. The van der Waals surface area contributed by atoms with E-state index in [0.29, 0.717) is 18.8 Å². The lowest BCUT2D eigenvalue weighted by atomic mass is 10.2. The fraction of sp³-hybridized carbons (Fsp3) is 0.333. The molecule has 0 spiro atoms. The van der Waals surface area contributed by atoms with Crippen molar-refractivity contribution in [2.75, 3.05) is 26.8 Å². The molecule has 0 aliphatic carbocycles. The number of amides is 1. The molecule has 0 saturated heterocycles. The number of hydrogen-bond donors (Lipinski definition) is 1. The van der Waals surface area contributed by atoms with Crippen LogP contribution in [0.4, 0.5) is 0 Å². The van der Waals surface area contributed by atoms with Gasteiger partial charge in [-0.25, -0.2) is 13.2 Å². The zero-order valence-electron chi connectivity index (χ0n) is 17.3. The van der Waals surface area contributed by atoms with Crippen molar-refractivity contribution in [1.29, 1.82) is 0 Å². The van der Waals surface area contributed by atoms with Gasteiger partial charge >= 0.3 is 5.97 Å². The van der Waals surface area contributed by atoms with Crippen molar-refractivity contribution in [3.05, 3.63) is 59.7 Å². The van der Waals surface area contributed by atoms with Crippen LogP contribution in [0.3, 0.4) is 0 Å². The minimum atomic E-state index is -3.70. The SMILES string of the molecule is CCN(CC)S(=O)(=O)c1cccc(C(=O)OCC(=O)NCc2ccc(OC)cc2)c1. The molecule has 0 fully saturated rings. The van der Waals surface area contributed by atoms with E-state index >= 15 is 0 Å². The number of nitrogens with zero attached hydrogens (tertiary/aromatic N) is 1. The average Bonchev–Trinajstić information content (AvgIpc) is 2.77. The maximum Gasteiger partial charge on any atom is 0.338 e. The first kappa shape index (κ1) is 23.4. The van der Waals surface area contributed by atoms with E-state index in [9.17, 15) is 18.0 Å². The summed E-state index contributed by atoms with van der Waals surface area (Å²) in [6.45, 7) is 3.93. The van der Waals surface area contributed by atoms with Crippen LogP contribution in [0.5, 0.6) is 5.75 Å². The zero-order valence-corrected chi connectivity index (χ0v) is 18.1. The van der Waals surface area contributed by atoms with Gasteiger partial charge in [-0.2, -0.15) is 4.31 Å². The summed E-state index contributed by atoms with van der Waals surface area (Å²) < 4.78 is 36.6. The topological polar surface area (TPSA) is 102 Å². The molecule has 8 nitrogen and oxygen atoms in total. The van der Waals surface area contributed by atoms with Gasteiger partial charge in [0.15, 0.2) is 6.61 Å². The molecule has 0 aromatic heterocycles. The van der Waals surface area contributed by atoms with Crippen molar-refractivity contribution in [2.45, 2.75) is 25.3 Å². The van der Waals surface area contributed by atoms with Gasteiger partial charge in [0, 0.05) is 19.6 Å². The van der Waals surface area contributed by atoms with E-state index in [1.54, 1.807) is 33.1 Å². The predicted octanol–water partition coefficient (Wildman–Crippen LogP) is 2.20. The third-order valence-electron chi connectivity index (χ3n) is 4.40. The molecular weight excluding hydrogens is 408 g/mol. The van der Waals surface area contributed by atoms with Crippen molar-refractivity contribution < 1.29 is 27.5 Å². The molecule has 0 aliphatic heterocycles. The van der Waals surface area contributed by atoms with Gasteiger partial charge in [-0.3, -0.25) is 4.79 Å². The molecule has 0 atom stereocenters. The lowest BCUT2D eigenvalue weighted by molar-refractivity contribution is -0.124. The Labute approximate surface area is 176 Å². The van der Waals surface area contributed by atoms with Crippen LogP contribution in [0.15, 0.2) is 53.4 Å².